The van der Waals surface area contributed by atoms with E-state index in [4.69, 9.17) is 0 Å². The van der Waals surface area contributed by atoms with Crippen LogP contribution in [0.25, 0.3) is 0 Å². The van der Waals surface area contributed by atoms with E-state index < -0.39 is 0 Å². The Morgan fingerprint density at radius 2 is 2.60 bits per heavy atom. The van der Waals surface area contributed by atoms with Crippen LogP contribution in [0.1, 0.15) is 26.2 Å². The van der Waals surface area contributed by atoms with Crippen molar-refractivity contribution >= 4 is 12.0 Å². The van der Waals surface area contributed by atoms with Gasteiger partial charge in [0.2, 0.25) is 0 Å². The lowest BCUT2D eigenvalue weighted by atomic mass is 10.1. The zero-order valence-electron chi connectivity index (χ0n) is 6.13. The van der Waals surface area contributed by atoms with Crippen LogP contribution < -0.4 is 0 Å². The first kappa shape index (κ1) is 7.19. The number of carbonyl (C=O) groups excluding carboxylic acids is 1. The highest BCUT2D eigenvalue weighted by atomic mass is 16.1. The normalized spacial score (nSPS) is 15.5. The van der Waals surface area contributed by atoms with Gasteiger partial charge in [-0.05, 0) is 18.9 Å². The number of aliphatic imine (C=N–C) groups is 1. The minimum Gasteiger partial charge on any atom is -0.300 e. The molecule has 10 heavy (non-hydrogen) atoms. The molecule has 2 heteroatoms. The summed E-state index contributed by atoms with van der Waals surface area (Å²) in [6.45, 7) is 1.62. The number of Topliss-reactive ketones (excluding diaryl/α,β-unsaturated/α-hetero) is 1. The van der Waals surface area contributed by atoms with E-state index in [1.54, 1.807) is 6.92 Å². The maximum absolute atomic E-state index is 10.5. The van der Waals surface area contributed by atoms with Gasteiger partial charge in [0, 0.05) is 25.3 Å². The highest BCUT2D eigenvalue weighted by Gasteiger charge is 2.01. The number of nitrogens with zero attached hydrogens (tertiary/aromatic N) is 1. The molecule has 0 amide bonds. The molecule has 0 aliphatic carbocycles. The predicted octanol–water partition coefficient (Wildman–Crippen LogP) is 1.71. The second-order valence-electron chi connectivity index (χ2n) is 2.53. The average molecular weight is 137 g/mol. The molecule has 1 aliphatic rings. The molecule has 1 heterocycles. The molecule has 0 aromatic heterocycles. The van der Waals surface area contributed by atoms with Gasteiger partial charge in [0.15, 0.2) is 0 Å². The van der Waals surface area contributed by atoms with Crippen molar-refractivity contribution < 1.29 is 4.79 Å². The van der Waals surface area contributed by atoms with E-state index in [1.807, 2.05) is 12.4 Å². The molecule has 0 bridgehead atoms. The van der Waals surface area contributed by atoms with Crippen molar-refractivity contribution in [3.8, 4) is 0 Å². The first-order chi connectivity index (χ1) is 4.79. The Hall–Kier alpha value is -0.920. The van der Waals surface area contributed by atoms with Crippen molar-refractivity contribution in [1.29, 1.82) is 0 Å². The molecule has 0 atom stereocenters. The summed E-state index contributed by atoms with van der Waals surface area (Å²) >= 11 is 0. The van der Waals surface area contributed by atoms with Gasteiger partial charge in [0.1, 0.15) is 5.78 Å². The van der Waals surface area contributed by atoms with Gasteiger partial charge < -0.3 is 4.79 Å². The first-order valence-corrected chi connectivity index (χ1v) is 3.48. The van der Waals surface area contributed by atoms with Gasteiger partial charge in [-0.2, -0.15) is 0 Å². The molecule has 0 spiro atoms. The summed E-state index contributed by atoms with van der Waals surface area (Å²) in [6.07, 6.45) is 6.20. The van der Waals surface area contributed by atoms with E-state index in [-0.39, 0.29) is 5.78 Å². The summed E-state index contributed by atoms with van der Waals surface area (Å²) in [5, 5.41) is 0. The fraction of sp³-hybridized carbons (Fsp3) is 0.500. The Morgan fingerprint density at radius 3 is 3.10 bits per heavy atom. The Bertz CT molecular complexity index is 191. The largest absolute Gasteiger partial charge is 0.300 e. The van der Waals surface area contributed by atoms with Gasteiger partial charge in [0.25, 0.3) is 0 Å². The quantitative estimate of drug-likeness (QED) is 0.582. The fourth-order valence-corrected chi connectivity index (χ4v) is 0.884. The molecule has 0 fully saturated rings. The monoisotopic (exact) mass is 137 g/mol. The van der Waals surface area contributed by atoms with E-state index >= 15 is 0 Å². The van der Waals surface area contributed by atoms with Crippen molar-refractivity contribution in [3.63, 3.8) is 0 Å². The summed E-state index contributed by atoms with van der Waals surface area (Å²) < 4.78 is 0. The number of hydrogen-bond acceptors (Lipinski definition) is 2. The van der Waals surface area contributed by atoms with Crippen LogP contribution >= 0.6 is 0 Å². The van der Waals surface area contributed by atoms with Gasteiger partial charge in [-0.3, -0.25) is 4.99 Å². The Labute approximate surface area is 60.7 Å². The molecule has 0 saturated carbocycles. The maximum Gasteiger partial charge on any atom is 0.130 e. The predicted molar refractivity (Wildman–Crippen MR) is 41.1 cm³/mol. The summed E-state index contributed by atoms with van der Waals surface area (Å²) in [6, 6.07) is 0. The smallest absolute Gasteiger partial charge is 0.130 e. The Balaban J connectivity index is 2.21. The van der Waals surface area contributed by atoms with Gasteiger partial charge in [0.05, 0.1) is 0 Å². The number of ketones is 1. The molecule has 2 nitrogen and oxygen atoms in total. The minimum absolute atomic E-state index is 0.257. The van der Waals surface area contributed by atoms with Crippen molar-refractivity contribution in [3.05, 3.63) is 11.8 Å². The standard InChI is InChI=1S/C8H11NO/c1-7(10)2-3-8-4-5-9-6-8/h5-6H,2-4H2,1H3. The van der Waals surface area contributed by atoms with Crippen LogP contribution in [0.5, 0.6) is 0 Å². The van der Waals surface area contributed by atoms with E-state index in [2.05, 4.69) is 4.99 Å². The molecule has 0 unspecified atom stereocenters. The maximum atomic E-state index is 10.5. The van der Waals surface area contributed by atoms with Crippen LogP contribution in [-0.2, 0) is 4.79 Å². The second kappa shape index (κ2) is 3.30. The molecular formula is C8H11NO. The van der Waals surface area contributed by atoms with Gasteiger partial charge in [-0.25, -0.2) is 0 Å². The SMILES string of the molecule is CC(=O)CCC1=CN=CC1. The van der Waals surface area contributed by atoms with Crippen molar-refractivity contribution in [2.45, 2.75) is 26.2 Å². The zero-order chi connectivity index (χ0) is 7.40. The lowest BCUT2D eigenvalue weighted by molar-refractivity contribution is -0.116. The van der Waals surface area contributed by atoms with E-state index in [9.17, 15) is 4.79 Å². The van der Waals surface area contributed by atoms with Crippen molar-refractivity contribution in [2.75, 3.05) is 0 Å². The third-order valence-corrected chi connectivity index (χ3v) is 1.51. The molecule has 1 aliphatic heterocycles. The molecule has 0 aromatic rings. The van der Waals surface area contributed by atoms with Crippen LogP contribution in [0.4, 0.5) is 0 Å². The topological polar surface area (TPSA) is 29.4 Å². The Kier molecular flexibility index (Phi) is 2.37. The number of allylic oxidation sites excluding steroid dienone is 1. The van der Waals surface area contributed by atoms with Crippen molar-refractivity contribution in [1.82, 2.24) is 0 Å². The van der Waals surface area contributed by atoms with Crippen LogP contribution in [-0.4, -0.2) is 12.0 Å². The second-order valence-corrected chi connectivity index (χ2v) is 2.53. The molecule has 0 N–H and O–H groups in total. The van der Waals surface area contributed by atoms with Gasteiger partial charge >= 0.3 is 0 Å². The van der Waals surface area contributed by atoms with Gasteiger partial charge in [-0.15, -0.1) is 0 Å². The minimum atomic E-state index is 0.257. The summed E-state index contributed by atoms with van der Waals surface area (Å²) in [5.41, 5.74) is 1.27. The number of hydrogen-bond donors (Lipinski definition) is 0. The summed E-state index contributed by atoms with van der Waals surface area (Å²) in [5.74, 6) is 0.257. The lowest BCUT2D eigenvalue weighted by Crippen LogP contribution is -1.90. The van der Waals surface area contributed by atoms with E-state index in [1.165, 1.54) is 5.57 Å². The average Bonchev–Trinajstić information content (AvgIpc) is 2.34. The van der Waals surface area contributed by atoms with Crippen LogP contribution in [0.3, 0.4) is 0 Å². The molecule has 1 rings (SSSR count). The molecule has 0 saturated heterocycles. The highest BCUT2D eigenvalue weighted by Crippen LogP contribution is 2.12. The molecule has 0 radical (unpaired) electrons. The third kappa shape index (κ3) is 2.13. The van der Waals surface area contributed by atoms with Crippen molar-refractivity contribution in [2.24, 2.45) is 4.99 Å². The molecule has 0 aromatic carbocycles. The lowest BCUT2D eigenvalue weighted by Gasteiger charge is -1.95. The zero-order valence-corrected chi connectivity index (χ0v) is 6.13. The van der Waals surface area contributed by atoms with Crippen LogP contribution in [0.15, 0.2) is 16.8 Å². The van der Waals surface area contributed by atoms with E-state index in [0.717, 1.165) is 12.8 Å². The number of carbonyl (C=O) groups is 1. The van der Waals surface area contributed by atoms with Crippen LogP contribution in [0, 0.1) is 0 Å². The summed E-state index contributed by atoms with van der Waals surface area (Å²) in [7, 11) is 0. The van der Waals surface area contributed by atoms with E-state index in [0.29, 0.717) is 6.42 Å². The highest BCUT2D eigenvalue weighted by molar-refractivity contribution is 5.76. The first-order valence-electron chi connectivity index (χ1n) is 3.48. The summed E-state index contributed by atoms with van der Waals surface area (Å²) in [4.78, 5) is 14.5. The van der Waals surface area contributed by atoms with Gasteiger partial charge in [-0.1, -0.05) is 0 Å². The number of rotatable bonds is 3. The van der Waals surface area contributed by atoms with Crippen LogP contribution in [0.2, 0.25) is 0 Å². The molecular weight excluding hydrogens is 126 g/mol. The third-order valence-electron chi connectivity index (χ3n) is 1.51. The Morgan fingerprint density at radius 1 is 1.80 bits per heavy atom. The fourth-order valence-electron chi connectivity index (χ4n) is 0.884. The molecule has 54 valence electrons.